The smallest absolute Gasteiger partial charge is 0.238 e. The van der Waals surface area contributed by atoms with Crippen molar-refractivity contribution in [1.82, 2.24) is 20.0 Å². The Bertz CT molecular complexity index is 407. The summed E-state index contributed by atoms with van der Waals surface area (Å²) in [5.74, 6) is 0.0352. The van der Waals surface area contributed by atoms with Crippen molar-refractivity contribution < 1.29 is 4.79 Å². The predicted molar refractivity (Wildman–Crippen MR) is 70.5 cm³/mol. The lowest BCUT2D eigenvalue weighted by atomic mass is 10.3. The molecule has 0 saturated carbocycles. The molecular formula is C12H21N5O. The highest BCUT2D eigenvalue weighted by molar-refractivity contribution is 5.92. The number of hydrogen-bond donors (Lipinski definition) is 2. The molecule has 1 aliphatic heterocycles. The summed E-state index contributed by atoms with van der Waals surface area (Å²) in [6.07, 6.45) is 2.93. The number of nitrogens with zero attached hydrogens (tertiary/aromatic N) is 3. The van der Waals surface area contributed by atoms with Gasteiger partial charge in [0.1, 0.15) is 0 Å². The Balaban J connectivity index is 1.86. The summed E-state index contributed by atoms with van der Waals surface area (Å²) >= 11 is 0. The van der Waals surface area contributed by atoms with E-state index in [0.29, 0.717) is 6.54 Å². The third kappa shape index (κ3) is 3.54. The van der Waals surface area contributed by atoms with Crippen LogP contribution in [0.25, 0.3) is 0 Å². The van der Waals surface area contributed by atoms with Crippen LogP contribution in [0, 0.1) is 6.92 Å². The molecule has 1 fully saturated rings. The molecular weight excluding hydrogens is 230 g/mol. The van der Waals surface area contributed by atoms with Crippen molar-refractivity contribution in [2.45, 2.75) is 13.3 Å². The standard InChI is InChI=1S/C12H21N5O/c1-10-11(8-16(2)15-10)14-12(18)9-17-6-3-4-13-5-7-17/h8,13H,3-7,9H2,1-2H3,(H,14,18). The maximum atomic E-state index is 11.9. The van der Waals surface area contributed by atoms with E-state index in [2.05, 4.69) is 20.6 Å². The number of rotatable bonds is 3. The van der Waals surface area contributed by atoms with Crippen LogP contribution in [0.3, 0.4) is 0 Å². The Hall–Kier alpha value is -1.40. The van der Waals surface area contributed by atoms with Gasteiger partial charge in [-0.05, 0) is 26.4 Å². The van der Waals surface area contributed by atoms with Gasteiger partial charge in [0.25, 0.3) is 0 Å². The molecule has 0 aromatic carbocycles. The summed E-state index contributed by atoms with van der Waals surface area (Å²) < 4.78 is 1.71. The van der Waals surface area contributed by atoms with Gasteiger partial charge in [-0.25, -0.2) is 0 Å². The number of hydrogen-bond acceptors (Lipinski definition) is 4. The molecule has 0 radical (unpaired) electrons. The number of anilines is 1. The first-order valence-corrected chi connectivity index (χ1v) is 6.38. The van der Waals surface area contributed by atoms with Crippen LogP contribution in [-0.2, 0) is 11.8 Å². The molecule has 0 spiro atoms. The lowest BCUT2D eigenvalue weighted by molar-refractivity contribution is -0.117. The molecule has 100 valence electrons. The van der Waals surface area contributed by atoms with Crippen molar-refractivity contribution >= 4 is 11.6 Å². The summed E-state index contributed by atoms with van der Waals surface area (Å²) in [5, 5.41) is 10.4. The Morgan fingerprint density at radius 2 is 2.33 bits per heavy atom. The third-order valence-electron chi connectivity index (χ3n) is 3.09. The second-order valence-electron chi connectivity index (χ2n) is 4.73. The zero-order chi connectivity index (χ0) is 13.0. The first-order valence-electron chi connectivity index (χ1n) is 6.38. The van der Waals surface area contributed by atoms with Crippen LogP contribution in [0.4, 0.5) is 5.69 Å². The molecule has 6 nitrogen and oxygen atoms in total. The summed E-state index contributed by atoms with van der Waals surface area (Å²) in [4.78, 5) is 14.1. The molecule has 2 heterocycles. The summed E-state index contributed by atoms with van der Waals surface area (Å²) in [6.45, 7) is 6.26. The predicted octanol–water partition coefficient (Wildman–Crippen LogP) is -0.0377. The minimum absolute atomic E-state index is 0.0352. The number of carbonyl (C=O) groups excluding carboxylic acids is 1. The van der Waals surface area contributed by atoms with Crippen molar-refractivity contribution in [3.63, 3.8) is 0 Å². The molecule has 0 aliphatic carbocycles. The van der Waals surface area contributed by atoms with Gasteiger partial charge >= 0.3 is 0 Å². The van der Waals surface area contributed by atoms with E-state index >= 15 is 0 Å². The van der Waals surface area contributed by atoms with Gasteiger partial charge in [0.05, 0.1) is 17.9 Å². The number of nitrogens with one attached hydrogen (secondary N) is 2. The molecule has 2 N–H and O–H groups in total. The summed E-state index contributed by atoms with van der Waals surface area (Å²) in [6, 6.07) is 0. The second-order valence-corrected chi connectivity index (χ2v) is 4.73. The molecule has 0 bridgehead atoms. The van der Waals surface area contributed by atoms with E-state index in [9.17, 15) is 4.79 Å². The van der Waals surface area contributed by atoms with E-state index in [1.165, 1.54) is 0 Å². The number of amides is 1. The van der Waals surface area contributed by atoms with E-state index < -0.39 is 0 Å². The average Bonchev–Trinajstić information content (AvgIpc) is 2.54. The first kappa shape index (κ1) is 13.0. The van der Waals surface area contributed by atoms with Gasteiger partial charge in [-0.3, -0.25) is 14.4 Å². The van der Waals surface area contributed by atoms with Crippen LogP contribution in [0.15, 0.2) is 6.20 Å². The maximum absolute atomic E-state index is 11.9. The molecule has 1 aliphatic rings. The number of carbonyl (C=O) groups is 1. The van der Waals surface area contributed by atoms with Gasteiger partial charge < -0.3 is 10.6 Å². The molecule has 2 rings (SSSR count). The second kappa shape index (κ2) is 5.97. The summed E-state index contributed by atoms with van der Waals surface area (Å²) in [7, 11) is 1.85. The van der Waals surface area contributed by atoms with Crippen molar-refractivity contribution in [3.05, 3.63) is 11.9 Å². The minimum Gasteiger partial charge on any atom is -0.322 e. The van der Waals surface area contributed by atoms with Gasteiger partial charge in [-0.2, -0.15) is 5.10 Å². The largest absolute Gasteiger partial charge is 0.322 e. The van der Waals surface area contributed by atoms with Crippen LogP contribution >= 0.6 is 0 Å². The van der Waals surface area contributed by atoms with Gasteiger partial charge in [0, 0.05) is 26.3 Å². The Morgan fingerprint density at radius 1 is 1.50 bits per heavy atom. The monoisotopic (exact) mass is 251 g/mol. The van der Waals surface area contributed by atoms with Crippen molar-refractivity contribution in [3.8, 4) is 0 Å². The minimum atomic E-state index is 0.0352. The SMILES string of the molecule is Cc1nn(C)cc1NC(=O)CN1CCCNCC1. The fourth-order valence-corrected chi connectivity index (χ4v) is 2.17. The topological polar surface area (TPSA) is 62.2 Å². The molecule has 1 aromatic heterocycles. The zero-order valence-electron chi connectivity index (χ0n) is 11.1. The molecule has 0 unspecified atom stereocenters. The van der Waals surface area contributed by atoms with Gasteiger partial charge in [0.15, 0.2) is 0 Å². The summed E-state index contributed by atoms with van der Waals surface area (Å²) in [5.41, 5.74) is 1.65. The molecule has 1 saturated heterocycles. The first-order chi connectivity index (χ1) is 8.65. The van der Waals surface area contributed by atoms with E-state index in [-0.39, 0.29) is 5.91 Å². The zero-order valence-corrected chi connectivity index (χ0v) is 11.1. The Kier molecular flexibility index (Phi) is 4.33. The molecule has 0 atom stereocenters. The van der Waals surface area contributed by atoms with E-state index in [1.807, 2.05) is 20.2 Å². The molecule has 6 heteroatoms. The lowest BCUT2D eigenvalue weighted by Gasteiger charge is -2.18. The van der Waals surface area contributed by atoms with Crippen molar-refractivity contribution in [2.75, 3.05) is 38.0 Å². The van der Waals surface area contributed by atoms with Gasteiger partial charge in [-0.1, -0.05) is 0 Å². The quantitative estimate of drug-likeness (QED) is 0.791. The van der Waals surface area contributed by atoms with Crippen molar-refractivity contribution in [1.29, 1.82) is 0 Å². The molecule has 18 heavy (non-hydrogen) atoms. The molecule has 1 aromatic rings. The van der Waals surface area contributed by atoms with Crippen LogP contribution < -0.4 is 10.6 Å². The number of aryl methyl sites for hydroxylation is 2. The van der Waals surface area contributed by atoms with E-state index in [1.54, 1.807) is 4.68 Å². The Labute approximate surface area is 107 Å². The van der Waals surface area contributed by atoms with Crippen LogP contribution in [0.5, 0.6) is 0 Å². The highest BCUT2D eigenvalue weighted by Crippen LogP contribution is 2.11. The van der Waals surface area contributed by atoms with E-state index in [4.69, 9.17) is 0 Å². The van der Waals surface area contributed by atoms with E-state index in [0.717, 1.165) is 44.0 Å². The van der Waals surface area contributed by atoms with Gasteiger partial charge in [-0.15, -0.1) is 0 Å². The van der Waals surface area contributed by atoms with Crippen molar-refractivity contribution in [2.24, 2.45) is 7.05 Å². The third-order valence-corrected chi connectivity index (χ3v) is 3.09. The highest BCUT2D eigenvalue weighted by atomic mass is 16.2. The maximum Gasteiger partial charge on any atom is 0.238 e. The van der Waals surface area contributed by atoms with Gasteiger partial charge in [0.2, 0.25) is 5.91 Å². The normalized spacial score (nSPS) is 17.4. The average molecular weight is 251 g/mol. The number of aromatic nitrogens is 2. The van der Waals surface area contributed by atoms with Crippen LogP contribution in [-0.4, -0.2) is 53.3 Å². The fraction of sp³-hybridized carbons (Fsp3) is 0.667. The van der Waals surface area contributed by atoms with Crippen LogP contribution in [0.2, 0.25) is 0 Å². The highest BCUT2D eigenvalue weighted by Gasteiger charge is 2.14. The molecule has 1 amide bonds. The lowest BCUT2D eigenvalue weighted by Crippen LogP contribution is -2.35. The fourth-order valence-electron chi connectivity index (χ4n) is 2.17. The Morgan fingerprint density at radius 3 is 3.06 bits per heavy atom. The van der Waals surface area contributed by atoms with Crippen LogP contribution in [0.1, 0.15) is 12.1 Å².